The molecule has 2 aromatic heterocycles. The number of fused-ring (bicyclic) bond motifs is 1. The second kappa shape index (κ2) is 19.0. The molecule has 0 spiro atoms. The summed E-state index contributed by atoms with van der Waals surface area (Å²) in [7, 11) is 0. The summed E-state index contributed by atoms with van der Waals surface area (Å²) >= 11 is 0. The zero-order valence-electron chi connectivity index (χ0n) is 49.0. The number of phenols is 1. The van der Waals surface area contributed by atoms with Gasteiger partial charge < -0.3 is 5.11 Å². The van der Waals surface area contributed by atoms with Crippen molar-refractivity contribution in [3.63, 3.8) is 0 Å². The monoisotopic (exact) mass is 1120 g/mol. The Bertz CT molecular complexity index is 3660. The van der Waals surface area contributed by atoms with Crippen LogP contribution in [0.2, 0.25) is 0 Å². The third-order valence-electron chi connectivity index (χ3n) is 13.5. The predicted molar refractivity (Wildman–Crippen MR) is 296 cm³/mol. The molecule has 0 amide bonds. The number of imidazole rings is 1. The van der Waals surface area contributed by atoms with Crippen LogP contribution in [-0.2, 0) is 42.7 Å². The summed E-state index contributed by atoms with van der Waals surface area (Å²) in [4.78, 5) is 10.4. The van der Waals surface area contributed by atoms with Crippen molar-refractivity contribution in [2.75, 3.05) is 0 Å². The summed E-state index contributed by atoms with van der Waals surface area (Å²) in [5.41, 5.74) is 13.6. The van der Waals surface area contributed by atoms with Crippen LogP contribution >= 0.6 is 0 Å². The molecule has 0 aliphatic carbocycles. The van der Waals surface area contributed by atoms with E-state index >= 15 is 0 Å². The summed E-state index contributed by atoms with van der Waals surface area (Å²) in [5.74, 6) is 0.487. The predicted octanol–water partition coefficient (Wildman–Crippen LogP) is 17.7. The fourth-order valence-corrected chi connectivity index (χ4v) is 9.49. The molecule has 0 aliphatic rings. The number of para-hydroxylation sites is 1. The van der Waals surface area contributed by atoms with Crippen LogP contribution in [0.3, 0.4) is 0 Å². The third-order valence-corrected chi connectivity index (χ3v) is 13.5. The number of nitrogens with zero attached hydrogens (tertiary/aromatic N) is 3. The number of aromatic nitrogens is 3. The van der Waals surface area contributed by atoms with Crippen LogP contribution in [0.25, 0.3) is 83.9 Å². The summed E-state index contributed by atoms with van der Waals surface area (Å²) < 4.78 is 53.5. The van der Waals surface area contributed by atoms with Gasteiger partial charge in [-0.1, -0.05) is 203 Å². The Labute approximate surface area is 446 Å². The molecule has 5 heteroatoms. The van der Waals surface area contributed by atoms with Crippen molar-refractivity contribution in [1.29, 1.82) is 0 Å². The summed E-state index contributed by atoms with van der Waals surface area (Å²) in [5, 5.41) is 12.7. The van der Waals surface area contributed by atoms with Crippen molar-refractivity contribution in [2.45, 2.75) is 118 Å². The molecule has 0 saturated heterocycles. The molecule has 0 fully saturated rings. The molecule has 0 unspecified atom stereocenters. The minimum atomic E-state index is -2.59. The minimum absolute atomic E-state index is 0. The number of hydrogen-bond acceptors (Lipinski definition) is 3. The molecule has 9 aromatic rings. The summed E-state index contributed by atoms with van der Waals surface area (Å²) in [6, 6.07) is 51.2. The Kier molecular flexibility index (Phi) is 11.6. The Balaban J connectivity index is 0.00000784. The number of benzene rings is 7. The second-order valence-corrected chi connectivity index (χ2v) is 22.9. The normalized spacial score (nSPS) is 13.9. The van der Waals surface area contributed by atoms with Crippen LogP contribution in [-0.4, -0.2) is 19.6 Å². The van der Waals surface area contributed by atoms with Crippen molar-refractivity contribution in [1.82, 2.24) is 14.5 Å². The molecule has 1 N–H and O–H groups in total. The standard InChI is InChI=1S/C66H68N3O.Pt/c1-41-26-28-43(29-27-41)45-32-33-67-56(38-45)48-35-47(36-49(37-48)63(3,4)5)52-23-19-25-58-60(52)68-62(53-39-50(64(6,7)8)40-55(61(53)70)66(12,13)14)69(58)57-31-30-46(34-42(57)2)59-51(44-20-16-15-17-21-44)22-18-24-54(59)65(9,10)11;/h15-34,36-40,70H,1-14H3;/q-1;/i1D3,2D3;. The molecule has 0 atom stereocenters. The van der Waals surface area contributed by atoms with E-state index in [1.165, 1.54) is 0 Å². The van der Waals surface area contributed by atoms with Gasteiger partial charge in [-0.15, -0.1) is 29.3 Å². The third kappa shape index (κ3) is 10.1. The van der Waals surface area contributed by atoms with Crippen molar-refractivity contribution >= 4 is 11.0 Å². The second-order valence-electron chi connectivity index (χ2n) is 22.9. The Morgan fingerprint density at radius 2 is 1.17 bits per heavy atom. The zero-order valence-corrected chi connectivity index (χ0v) is 45.3. The van der Waals surface area contributed by atoms with Crippen molar-refractivity contribution < 1.29 is 34.4 Å². The van der Waals surface area contributed by atoms with Gasteiger partial charge in [-0.3, -0.25) is 9.55 Å². The molecule has 364 valence electrons. The summed E-state index contributed by atoms with van der Waals surface area (Å²) in [6.45, 7) is 21.0. The molecule has 0 saturated carbocycles. The van der Waals surface area contributed by atoms with Crippen LogP contribution in [0.15, 0.2) is 152 Å². The molecule has 71 heavy (non-hydrogen) atoms. The fraction of sp³-hybridized carbons (Fsp3) is 0.273. The van der Waals surface area contributed by atoms with E-state index in [9.17, 15) is 9.22 Å². The van der Waals surface area contributed by atoms with E-state index in [-0.39, 0.29) is 54.2 Å². The van der Waals surface area contributed by atoms with E-state index in [1.807, 2.05) is 89.5 Å². The molecular formula is C66H68N3OPt-. The molecule has 7 aromatic carbocycles. The smallest absolute Gasteiger partial charge is 0.148 e. The van der Waals surface area contributed by atoms with E-state index in [0.29, 0.717) is 33.8 Å². The van der Waals surface area contributed by atoms with Gasteiger partial charge in [0.15, 0.2) is 0 Å². The molecule has 0 bridgehead atoms. The van der Waals surface area contributed by atoms with Crippen LogP contribution in [0.4, 0.5) is 0 Å². The van der Waals surface area contributed by atoms with E-state index < -0.39 is 19.1 Å². The average Bonchev–Trinajstić information content (AvgIpc) is 3.82. The van der Waals surface area contributed by atoms with Gasteiger partial charge in [0, 0.05) is 46.7 Å². The molecule has 2 heterocycles. The van der Waals surface area contributed by atoms with Crippen molar-refractivity contribution in [3.8, 4) is 78.6 Å². The SMILES string of the molecule is [2H]C([2H])([2H])c1ccc(-c2ccnc(-c3[c-]c(-c4cccc5c4nc(-c4cc(C(C)(C)C)cc(C(C)(C)C)c4O)n5-c4ccc(-c5c(-c6ccccc6)cccc5C(C)(C)C)cc4C([2H])([2H])[2H])cc(C(C)(C)C)c3)c2)cc1.[Pt]. The number of aryl methyl sites for hydroxylation is 2. The largest absolute Gasteiger partial charge is 0.507 e. The molecule has 4 nitrogen and oxygen atoms in total. The van der Waals surface area contributed by atoms with E-state index in [2.05, 4.69) is 138 Å². The van der Waals surface area contributed by atoms with Gasteiger partial charge in [-0.05, 0) is 116 Å². The maximum atomic E-state index is 12.7. The van der Waals surface area contributed by atoms with E-state index in [0.717, 1.165) is 72.3 Å². The van der Waals surface area contributed by atoms with Gasteiger partial charge >= 0.3 is 0 Å². The van der Waals surface area contributed by atoms with E-state index in [4.69, 9.17) is 14.1 Å². The van der Waals surface area contributed by atoms with Crippen molar-refractivity contribution in [2.24, 2.45) is 0 Å². The van der Waals surface area contributed by atoms with Crippen molar-refractivity contribution in [3.05, 3.63) is 191 Å². The first-order valence-electron chi connectivity index (χ1n) is 27.3. The van der Waals surface area contributed by atoms with Crippen LogP contribution < -0.4 is 0 Å². The Morgan fingerprint density at radius 1 is 0.521 bits per heavy atom. The quantitative estimate of drug-likeness (QED) is 0.162. The van der Waals surface area contributed by atoms with Gasteiger partial charge in [0.1, 0.15) is 11.6 Å². The topological polar surface area (TPSA) is 50.9 Å². The first-order chi connectivity index (χ1) is 35.4. The summed E-state index contributed by atoms with van der Waals surface area (Å²) in [6.07, 6.45) is 1.76. The average molecular weight is 1120 g/mol. The number of pyridine rings is 1. The Morgan fingerprint density at radius 3 is 1.83 bits per heavy atom. The molecular weight excluding hydrogens is 1050 g/mol. The van der Waals surface area contributed by atoms with Gasteiger partial charge in [0.2, 0.25) is 0 Å². The molecule has 9 rings (SSSR count). The number of phenolic OH excluding ortho intramolecular Hbond substituents is 1. The first kappa shape index (κ1) is 43.4. The zero-order chi connectivity index (χ0) is 55.1. The van der Waals surface area contributed by atoms with Crippen LogP contribution in [0.5, 0.6) is 5.75 Å². The molecule has 0 radical (unpaired) electrons. The van der Waals surface area contributed by atoms with Crippen LogP contribution in [0.1, 0.15) is 125 Å². The number of aromatic hydroxyl groups is 1. The number of hydrogen-bond donors (Lipinski definition) is 1. The van der Waals surface area contributed by atoms with Gasteiger partial charge in [0.05, 0.1) is 22.3 Å². The van der Waals surface area contributed by atoms with Crippen LogP contribution in [0, 0.1) is 19.8 Å². The van der Waals surface area contributed by atoms with Gasteiger partial charge in [-0.25, -0.2) is 4.98 Å². The van der Waals surface area contributed by atoms with Gasteiger partial charge in [-0.2, -0.15) is 0 Å². The van der Waals surface area contributed by atoms with E-state index in [1.54, 1.807) is 18.3 Å². The first-order valence-corrected chi connectivity index (χ1v) is 24.3. The fourth-order valence-electron chi connectivity index (χ4n) is 9.49. The van der Waals surface area contributed by atoms with Gasteiger partial charge in [0.25, 0.3) is 0 Å². The maximum Gasteiger partial charge on any atom is 0.148 e. The molecule has 0 aliphatic heterocycles. The number of rotatable bonds is 7. The Hall–Kier alpha value is -6.35. The minimum Gasteiger partial charge on any atom is -0.507 e. The maximum absolute atomic E-state index is 12.7.